The van der Waals surface area contributed by atoms with Crippen LogP contribution in [0.1, 0.15) is 127 Å². The van der Waals surface area contributed by atoms with E-state index in [0.717, 1.165) is 60.8 Å². The Morgan fingerprint density at radius 3 is 1.96 bits per heavy atom. The largest absolute Gasteiger partial charge is 0.458 e. The quantitative estimate of drug-likeness (QED) is 0.101. The average Bonchev–Trinajstić information content (AvgIpc) is 2.99. The van der Waals surface area contributed by atoms with Gasteiger partial charge in [0, 0.05) is 20.3 Å². The van der Waals surface area contributed by atoms with E-state index in [2.05, 4.69) is 17.0 Å². The van der Waals surface area contributed by atoms with E-state index in [-0.39, 0.29) is 30.3 Å². The minimum absolute atomic E-state index is 0.173. The molecule has 0 aromatic carbocycles. The van der Waals surface area contributed by atoms with Crippen LogP contribution < -0.4 is 5.73 Å². The second-order valence-corrected chi connectivity index (χ2v) is 11.2. The molecule has 0 saturated heterocycles. The van der Waals surface area contributed by atoms with Gasteiger partial charge in [-0.15, -0.1) is 0 Å². The van der Waals surface area contributed by atoms with Crippen molar-refractivity contribution in [2.24, 2.45) is 11.1 Å². The van der Waals surface area contributed by atoms with Crippen molar-refractivity contribution in [3.05, 3.63) is 47.1 Å². The average molecular weight is 696 g/mol. The maximum Gasteiger partial charge on any atom is 0.450 e. The van der Waals surface area contributed by atoms with E-state index in [1.54, 1.807) is 0 Å². The summed E-state index contributed by atoms with van der Waals surface area (Å²) >= 11 is 0. The zero-order valence-corrected chi connectivity index (χ0v) is 30.9. The van der Waals surface area contributed by atoms with E-state index in [1.165, 1.54) is 19.9 Å². The highest BCUT2D eigenvalue weighted by molar-refractivity contribution is 5.67. The predicted octanol–water partition coefficient (Wildman–Crippen LogP) is 10.9. The van der Waals surface area contributed by atoms with Crippen molar-refractivity contribution in [2.75, 3.05) is 7.05 Å². The normalized spacial score (nSPS) is 16.5. The second-order valence-electron chi connectivity index (χ2n) is 11.2. The zero-order chi connectivity index (χ0) is 38.4. The Morgan fingerprint density at radius 1 is 0.958 bits per heavy atom. The van der Waals surface area contributed by atoms with E-state index in [4.69, 9.17) is 4.74 Å². The highest BCUT2D eigenvalue weighted by atomic mass is 19.4. The Hall–Kier alpha value is -3.00. The predicted molar refractivity (Wildman–Crippen MR) is 183 cm³/mol. The van der Waals surface area contributed by atoms with Gasteiger partial charge in [-0.05, 0) is 87.8 Å². The molecule has 1 saturated carbocycles. The van der Waals surface area contributed by atoms with Gasteiger partial charge in [0.1, 0.15) is 6.10 Å². The van der Waals surface area contributed by atoms with Gasteiger partial charge in [0.2, 0.25) is 0 Å². The molecule has 1 aliphatic rings. The number of hydrogen-bond donors (Lipinski definition) is 1. The lowest BCUT2D eigenvalue weighted by Crippen LogP contribution is -2.58. The zero-order valence-electron chi connectivity index (χ0n) is 30.9. The van der Waals surface area contributed by atoms with Crippen LogP contribution in [-0.4, -0.2) is 43.0 Å². The van der Waals surface area contributed by atoms with E-state index in [9.17, 15) is 35.9 Å². The molecule has 1 aliphatic carbocycles. The summed E-state index contributed by atoms with van der Waals surface area (Å²) in [4.78, 5) is 22.5. The third-order valence-corrected chi connectivity index (χ3v) is 7.16. The summed E-state index contributed by atoms with van der Waals surface area (Å²) in [5, 5.41) is 0. The van der Waals surface area contributed by atoms with Gasteiger partial charge in [-0.2, -0.15) is 26.3 Å². The molecule has 48 heavy (non-hydrogen) atoms. The smallest absolute Gasteiger partial charge is 0.450 e. The standard InChI is InChI=1S/C32H42F6O4.2C2H6.CH5N/c1-8-13-27(16-9-10-21-30(31(33,34)35,32(36,37)38)42-25(5)40)29(6,7)20-12-14-22(2)18-19-26-15-11-17-28(23(26)3)41-24(4)39;3*1-2/h13,18-19,28H,3,8-9,11-12,14-17,20H2,1-2,4-7H3;2*1-2H3;2H2,1H3/b22-18-,26-19-,27-13-;;;/t28-;;;/m0.../s1. The van der Waals surface area contributed by atoms with Gasteiger partial charge < -0.3 is 15.2 Å². The molecule has 0 spiro atoms. The third-order valence-electron chi connectivity index (χ3n) is 7.16. The number of nitrogens with two attached hydrogens (primary N) is 1. The lowest BCUT2D eigenvalue weighted by atomic mass is 9.77. The first-order valence-electron chi connectivity index (χ1n) is 16.6. The molecule has 1 rings (SSSR count). The fourth-order valence-electron chi connectivity index (χ4n) is 4.84. The summed E-state index contributed by atoms with van der Waals surface area (Å²) in [5.74, 6) is 1.11. The summed E-state index contributed by atoms with van der Waals surface area (Å²) in [6, 6.07) is 0. The van der Waals surface area contributed by atoms with Crippen molar-refractivity contribution in [1.82, 2.24) is 0 Å². The first-order chi connectivity index (χ1) is 22.3. The van der Waals surface area contributed by atoms with Crippen LogP contribution in [0, 0.1) is 17.3 Å². The van der Waals surface area contributed by atoms with E-state index in [1.807, 2.05) is 79.5 Å². The topological polar surface area (TPSA) is 78.6 Å². The Balaban J connectivity index is -0.00000318. The van der Waals surface area contributed by atoms with E-state index >= 15 is 0 Å². The molecule has 2 N–H and O–H groups in total. The molecule has 5 nitrogen and oxygen atoms in total. The van der Waals surface area contributed by atoms with Gasteiger partial charge in [0.05, 0.1) is 0 Å². The van der Waals surface area contributed by atoms with Crippen LogP contribution in [0.25, 0.3) is 0 Å². The molecule has 0 unspecified atom stereocenters. The molecule has 0 aromatic rings. The van der Waals surface area contributed by atoms with Crippen molar-refractivity contribution in [3.8, 4) is 11.8 Å². The number of halogens is 6. The van der Waals surface area contributed by atoms with Crippen molar-refractivity contribution in [3.63, 3.8) is 0 Å². The van der Waals surface area contributed by atoms with E-state index < -0.39 is 23.9 Å². The second kappa shape index (κ2) is 24.2. The van der Waals surface area contributed by atoms with Gasteiger partial charge in [-0.3, -0.25) is 9.59 Å². The van der Waals surface area contributed by atoms with Crippen LogP contribution in [0.3, 0.4) is 0 Å². The van der Waals surface area contributed by atoms with E-state index in [0.29, 0.717) is 13.3 Å². The fraction of sp³-hybridized carbons (Fsp3) is 0.676. The van der Waals surface area contributed by atoms with Gasteiger partial charge in [-0.25, -0.2) is 0 Å². The summed E-state index contributed by atoms with van der Waals surface area (Å²) in [5.41, 5.74) is 3.14. The molecule has 0 aromatic heterocycles. The Kier molecular flexibility index (Phi) is 24.9. The Labute approximate surface area is 285 Å². The molecular formula is C37H59F6NO4. The van der Waals surface area contributed by atoms with Crippen LogP contribution in [-0.2, 0) is 19.1 Å². The molecule has 0 aliphatic heterocycles. The highest BCUT2D eigenvalue weighted by Crippen LogP contribution is 2.46. The van der Waals surface area contributed by atoms with Gasteiger partial charge in [0.15, 0.2) is 0 Å². The van der Waals surface area contributed by atoms with Gasteiger partial charge in [-0.1, -0.05) is 90.3 Å². The third kappa shape index (κ3) is 16.9. The number of esters is 2. The summed E-state index contributed by atoms with van der Waals surface area (Å²) in [6.45, 7) is 21.8. The summed E-state index contributed by atoms with van der Waals surface area (Å²) in [7, 11) is 1.50. The first kappa shape index (κ1) is 49.4. The van der Waals surface area contributed by atoms with Crippen molar-refractivity contribution >= 4 is 11.9 Å². The number of alkyl halides is 6. The lowest BCUT2D eigenvalue weighted by molar-refractivity contribution is -0.345. The van der Waals surface area contributed by atoms with Gasteiger partial charge in [0.25, 0.3) is 0 Å². The summed E-state index contributed by atoms with van der Waals surface area (Å²) in [6.07, 6.45) is -0.872. The molecular weight excluding hydrogens is 636 g/mol. The number of carbonyl (C=O) groups is 2. The number of allylic oxidation sites excluding steroid dienone is 5. The van der Waals surface area contributed by atoms with Crippen LogP contribution in [0.15, 0.2) is 47.1 Å². The number of carbonyl (C=O) groups excluding carboxylic acids is 2. The molecule has 0 bridgehead atoms. The maximum absolute atomic E-state index is 13.4. The van der Waals surface area contributed by atoms with Crippen molar-refractivity contribution < 1.29 is 45.4 Å². The SMILES string of the molecule is C=C1/C(=C\C=C(\C)CCCC(C)(C)/C(=C\CC)CCC#CC(OC(C)=O)(C(F)(F)F)C(F)(F)F)CCC[C@@H]1OC(C)=O.CC.CC.CN. The molecule has 0 heterocycles. The minimum atomic E-state index is -5.96. The molecule has 278 valence electrons. The number of hydrogen-bond acceptors (Lipinski definition) is 5. The molecule has 0 amide bonds. The number of rotatable bonds is 11. The van der Waals surface area contributed by atoms with Crippen LogP contribution in [0.5, 0.6) is 0 Å². The molecule has 0 radical (unpaired) electrons. The lowest BCUT2D eigenvalue weighted by Gasteiger charge is -2.31. The monoisotopic (exact) mass is 695 g/mol. The number of ether oxygens (including phenoxy) is 2. The van der Waals surface area contributed by atoms with Crippen molar-refractivity contribution in [2.45, 2.75) is 151 Å². The van der Waals surface area contributed by atoms with Crippen LogP contribution >= 0.6 is 0 Å². The molecule has 1 atom stereocenters. The molecule has 11 heteroatoms. The highest BCUT2D eigenvalue weighted by Gasteiger charge is 2.74. The van der Waals surface area contributed by atoms with Crippen LogP contribution in [0.4, 0.5) is 26.3 Å². The van der Waals surface area contributed by atoms with Crippen molar-refractivity contribution in [1.29, 1.82) is 0 Å². The fourth-order valence-corrected chi connectivity index (χ4v) is 4.84. The molecule has 1 fully saturated rings. The van der Waals surface area contributed by atoms with Crippen LogP contribution in [0.2, 0.25) is 0 Å². The summed E-state index contributed by atoms with van der Waals surface area (Å²) < 4.78 is 89.7. The Bertz CT molecular complexity index is 1120. The minimum Gasteiger partial charge on any atom is -0.458 e. The Morgan fingerprint density at radius 2 is 1.50 bits per heavy atom. The maximum atomic E-state index is 13.4. The first-order valence-corrected chi connectivity index (χ1v) is 16.6. The van der Waals surface area contributed by atoms with Gasteiger partial charge >= 0.3 is 29.9 Å².